The molecule has 1 rings (SSSR count). The first-order chi connectivity index (χ1) is 9.04. The van der Waals surface area contributed by atoms with Gasteiger partial charge in [0.15, 0.2) is 0 Å². The maximum absolute atomic E-state index is 13.8. The topological polar surface area (TPSA) is 21.3 Å². The molecule has 0 aliphatic rings. The Morgan fingerprint density at radius 2 is 2.00 bits per heavy atom. The van der Waals surface area contributed by atoms with Gasteiger partial charge in [-0.1, -0.05) is 6.58 Å². The molecule has 0 saturated heterocycles. The molecule has 0 bridgehead atoms. The lowest BCUT2D eigenvalue weighted by Gasteiger charge is -2.10. The highest BCUT2D eigenvalue weighted by molar-refractivity contribution is 8.02. The van der Waals surface area contributed by atoms with Crippen molar-refractivity contribution in [2.24, 2.45) is 0 Å². The molecule has 19 heavy (non-hydrogen) atoms. The largest absolute Gasteiger partial charge is 0.493 e. The molecule has 0 amide bonds. The summed E-state index contributed by atoms with van der Waals surface area (Å²) in [6, 6.07) is 2.47. The molecule has 0 radical (unpaired) electrons. The molecular weight excluding hydrogens is 268 g/mol. The van der Waals surface area contributed by atoms with Crippen LogP contribution >= 0.6 is 11.8 Å². The molecule has 0 aliphatic heterocycles. The Labute approximate surface area is 117 Å². The molecule has 1 aromatic carbocycles. The van der Waals surface area contributed by atoms with Crippen molar-refractivity contribution in [3.8, 4) is 5.75 Å². The van der Waals surface area contributed by atoms with Gasteiger partial charge in [0.2, 0.25) is 0 Å². The highest BCUT2D eigenvalue weighted by Gasteiger charge is 2.12. The van der Waals surface area contributed by atoms with E-state index in [0.29, 0.717) is 6.61 Å². The fourth-order valence-electron chi connectivity index (χ4n) is 1.44. The number of allylic oxidation sites excluding steroid dienone is 1. The van der Waals surface area contributed by atoms with Gasteiger partial charge >= 0.3 is 0 Å². The van der Waals surface area contributed by atoms with Gasteiger partial charge in [0, 0.05) is 23.4 Å². The van der Waals surface area contributed by atoms with Crippen molar-refractivity contribution in [1.82, 2.24) is 5.32 Å². The van der Waals surface area contributed by atoms with Gasteiger partial charge in [-0.15, -0.1) is 11.8 Å². The Hall–Kier alpha value is -1.07. The average molecular weight is 287 g/mol. The Morgan fingerprint density at radius 3 is 2.53 bits per heavy atom. The molecule has 0 aromatic heterocycles. The quantitative estimate of drug-likeness (QED) is 0.736. The van der Waals surface area contributed by atoms with E-state index in [1.165, 1.54) is 23.9 Å². The third kappa shape index (κ3) is 5.61. The Kier molecular flexibility index (Phi) is 6.87. The van der Waals surface area contributed by atoms with E-state index in [-0.39, 0.29) is 17.1 Å². The summed E-state index contributed by atoms with van der Waals surface area (Å²) in [5, 5.41) is 2.97. The third-order valence-electron chi connectivity index (χ3n) is 2.42. The van der Waals surface area contributed by atoms with Crippen molar-refractivity contribution in [2.75, 3.05) is 20.2 Å². The van der Waals surface area contributed by atoms with E-state index in [0.717, 1.165) is 17.9 Å². The van der Waals surface area contributed by atoms with Crippen molar-refractivity contribution in [1.29, 1.82) is 0 Å². The van der Waals surface area contributed by atoms with Crippen LogP contribution in [-0.2, 0) is 5.75 Å². The monoisotopic (exact) mass is 287 g/mol. The minimum absolute atomic E-state index is 0.0653. The summed E-state index contributed by atoms with van der Waals surface area (Å²) in [6.07, 6.45) is 0.785. The predicted octanol–water partition coefficient (Wildman–Crippen LogP) is 3.72. The van der Waals surface area contributed by atoms with Crippen LogP contribution in [0.1, 0.15) is 18.9 Å². The van der Waals surface area contributed by atoms with Crippen LogP contribution in [-0.4, -0.2) is 20.2 Å². The van der Waals surface area contributed by atoms with Gasteiger partial charge in [-0.05, 0) is 31.8 Å². The van der Waals surface area contributed by atoms with Crippen LogP contribution in [0.25, 0.3) is 0 Å². The minimum atomic E-state index is -0.572. The zero-order valence-corrected chi connectivity index (χ0v) is 12.1. The minimum Gasteiger partial charge on any atom is -0.493 e. The summed E-state index contributed by atoms with van der Waals surface area (Å²) in [5.41, 5.74) is 0.0653. The number of nitrogens with one attached hydrogen (secondary N) is 1. The van der Waals surface area contributed by atoms with Crippen LogP contribution in [0.2, 0.25) is 0 Å². The van der Waals surface area contributed by atoms with E-state index in [2.05, 4.69) is 11.9 Å². The van der Waals surface area contributed by atoms with Gasteiger partial charge in [0.1, 0.15) is 17.4 Å². The lowest BCUT2D eigenvalue weighted by molar-refractivity contribution is 0.306. The number of hydrogen-bond donors (Lipinski definition) is 1. The number of hydrogen-bond acceptors (Lipinski definition) is 3. The van der Waals surface area contributed by atoms with Crippen LogP contribution in [0.15, 0.2) is 23.6 Å². The van der Waals surface area contributed by atoms with Crippen LogP contribution in [0.5, 0.6) is 5.75 Å². The second-order valence-corrected chi connectivity index (χ2v) is 5.44. The SMILES string of the molecule is C=C(C)SCc1c(F)cc(OCCCNC)cc1F. The van der Waals surface area contributed by atoms with Crippen LogP contribution < -0.4 is 10.1 Å². The average Bonchev–Trinajstić information content (AvgIpc) is 2.33. The number of halogens is 2. The second kappa shape index (κ2) is 8.17. The predicted molar refractivity (Wildman–Crippen MR) is 76.5 cm³/mol. The van der Waals surface area contributed by atoms with Crippen molar-refractivity contribution in [2.45, 2.75) is 19.1 Å². The van der Waals surface area contributed by atoms with Crippen molar-refractivity contribution < 1.29 is 13.5 Å². The van der Waals surface area contributed by atoms with Crippen molar-refractivity contribution in [3.63, 3.8) is 0 Å². The summed E-state index contributed by atoms with van der Waals surface area (Å²) in [6.45, 7) is 6.73. The van der Waals surface area contributed by atoms with Gasteiger partial charge < -0.3 is 10.1 Å². The molecule has 0 unspecified atom stereocenters. The molecule has 0 heterocycles. The zero-order chi connectivity index (χ0) is 14.3. The zero-order valence-electron chi connectivity index (χ0n) is 11.3. The molecule has 1 aromatic rings. The van der Waals surface area contributed by atoms with Crippen LogP contribution in [0.3, 0.4) is 0 Å². The van der Waals surface area contributed by atoms with Gasteiger partial charge in [0.25, 0.3) is 0 Å². The standard InChI is InChI=1S/C14H19F2NOS/c1-10(2)19-9-12-13(15)7-11(8-14(12)16)18-6-4-5-17-3/h7-8,17H,1,4-6,9H2,2-3H3. The number of ether oxygens (including phenoxy) is 1. The van der Waals surface area contributed by atoms with Crippen LogP contribution in [0.4, 0.5) is 8.78 Å². The molecule has 0 spiro atoms. The van der Waals surface area contributed by atoms with E-state index in [4.69, 9.17) is 4.74 Å². The van der Waals surface area contributed by atoms with Crippen molar-refractivity contribution >= 4 is 11.8 Å². The maximum atomic E-state index is 13.8. The smallest absolute Gasteiger partial charge is 0.133 e. The first-order valence-electron chi connectivity index (χ1n) is 6.08. The summed E-state index contributed by atoms with van der Waals surface area (Å²) >= 11 is 1.32. The van der Waals surface area contributed by atoms with E-state index in [1.54, 1.807) is 6.92 Å². The molecule has 5 heteroatoms. The number of benzene rings is 1. The first-order valence-corrected chi connectivity index (χ1v) is 7.06. The molecule has 0 aliphatic carbocycles. The molecule has 106 valence electrons. The van der Waals surface area contributed by atoms with E-state index in [9.17, 15) is 8.78 Å². The number of thioether (sulfide) groups is 1. The highest BCUT2D eigenvalue weighted by Crippen LogP contribution is 2.26. The Bertz CT molecular complexity index is 414. The van der Waals surface area contributed by atoms with E-state index in [1.807, 2.05) is 7.05 Å². The van der Waals surface area contributed by atoms with Gasteiger partial charge in [-0.25, -0.2) is 8.78 Å². The molecule has 0 saturated carbocycles. The molecule has 1 N–H and O–H groups in total. The first kappa shape index (κ1) is 16.0. The fourth-order valence-corrected chi connectivity index (χ4v) is 2.10. The van der Waals surface area contributed by atoms with Gasteiger partial charge in [-0.2, -0.15) is 0 Å². The number of rotatable bonds is 8. The molecule has 2 nitrogen and oxygen atoms in total. The Morgan fingerprint density at radius 1 is 1.37 bits per heavy atom. The fraction of sp³-hybridized carbons (Fsp3) is 0.429. The second-order valence-electron chi connectivity index (χ2n) is 4.16. The molecular formula is C14H19F2NOS. The van der Waals surface area contributed by atoms with Crippen molar-refractivity contribution in [3.05, 3.63) is 40.8 Å². The third-order valence-corrected chi connectivity index (χ3v) is 3.34. The van der Waals surface area contributed by atoms with Gasteiger partial charge in [-0.3, -0.25) is 0 Å². The summed E-state index contributed by atoms with van der Waals surface area (Å²) in [4.78, 5) is 0.825. The van der Waals surface area contributed by atoms with Gasteiger partial charge in [0.05, 0.1) is 6.61 Å². The lowest BCUT2D eigenvalue weighted by Crippen LogP contribution is -2.11. The maximum Gasteiger partial charge on any atom is 0.133 e. The molecule has 0 atom stereocenters. The summed E-state index contributed by atoms with van der Waals surface area (Å²) in [5.74, 6) is -0.669. The van der Waals surface area contributed by atoms with Crippen LogP contribution in [0, 0.1) is 11.6 Å². The molecule has 0 fully saturated rings. The van der Waals surface area contributed by atoms with E-state index < -0.39 is 11.6 Å². The lowest BCUT2D eigenvalue weighted by atomic mass is 10.2. The normalized spacial score (nSPS) is 10.5. The summed E-state index contributed by atoms with van der Waals surface area (Å²) < 4.78 is 32.8. The van der Waals surface area contributed by atoms with E-state index >= 15 is 0 Å². The summed E-state index contributed by atoms with van der Waals surface area (Å²) in [7, 11) is 1.84. The Balaban J connectivity index is 2.65. The highest BCUT2D eigenvalue weighted by atomic mass is 32.2.